The largest absolute Gasteiger partial charge is 0.446 e. The van der Waals surface area contributed by atoms with Gasteiger partial charge in [0.15, 0.2) is 15.6 Å². The molecule has 0 radical (unpaired) electrons. The minimum absolute atomic E-state index is 0.0953. The fourth-order valence-electron chi connectivity index (χ4n) is 2.32. The molecule has 0 spiro atoms. The molecule has 0 aliphatic rings. The smallest absolute Gasteiger partial charge is 0.234 e. The lowest BCUT2D eigenvalue weighted by Gasteiger charge is -2.08. The quantitative estimate of drug-likeness (QED) is 0.546. The lowest BCUT2D eigenvalue weighted by Crippen LogP contribution is -2.15. The highest BCUT2D eigenvalue weighted by molar-refractivity contribution is 9.10. The zero-order valence-corrected chi connectivity index (χ0v) is 16.3. The minimum Gasteiger partial charge on any atom is -0.446 e. The van der Waals surface area contributed by atoms with Gasteiger partial charge in [-0.25, -0.2) is 4.39 Å². The molecule has 2 aromatic heterocycles. The van der Waals surface area contributed by atoms with Gasteiger partial charge < -0.3 is 9.73 Å². The number of amides is 1. The van der Waals surface area contributed by atoms with Gasteiger partial charge in [0.25, 0.3) is 0 Å². The lowest BCUT2D eigenvalue weighted by atomic mass is 10.3. The summed E-state index contributed by atoms with van der Waals surface area (Å²) >= 11 is 4.52. The van der Waals surface area contributed by atoms with Crippen molar-refractivity contribution in [1.29, 1.82) is 0 Å². The van der Waals surface area contributed by atoms with Gasteiger partial charge in [0.2, 0.25) is 11.7 Å². The van der Waals surface area contributed by atoms with E-state index in [0.717, 1.165) is 6.42 Å². The Kier molecular flexibility index (Phi) is 6.10. The molecule has 0 bridgehead atoms. The second kappa shape index (κ2) is 8.50. The number of aromatic nitrogens is 3. The molecule has 9 heteroatoms. The summed E-state index contributed by atoms with van der Waals surface area (Å²) in [7, 11) is 0. The second-order valence-electron chi connectivity index (χ2n) is 5.38. The predicted molar refractivity (Wildman–Crippen MR) is 101 cm³/mol. The number of nitrogens with one attached hydrogen (secondary N) is 1. The van der Waals surface area contributed by atoms with Crippen molar-refractivity contribution in [3.8, 4) is 11.6 Å². The molecule has 3 rings (SSSR count). The number of hydrogen-bond donors (Lipinski definition) is 1. The van der Waals surface area contributed by atoms with E-state index in [0.29, 0.717) is 28.0 Å². The molecule has 136 valence electrons. The van der Waals surface area contributed by atoms with Crippen LogP contribution in [0.2, 0.25) is 0 Å². The summed E-state index contributed by atoms with van der Waals surface area (Å²) < 4.78 is 21.7. The van der Waals surface area contributed by atoms with Crippen molar-refractivity contribution in [2.24, 2.45) is 0 Å². The Balaban J connectivity index is 1.70. The summed E-state index contributed by atoms with van der Waals surface area (Å²) in [5, 5.41) is 11.5. The third-order valence-electron chi connectivity index (χ3n) is 3.44. The van der Waals surface area contributed by atoms with Crippen LogP contribution in [-0.4, -0.2) is 26.4 Å². The van der Waals surface area contributed by atoms with Crippen molar-refractivity contribution >= 4 is 39.3 Å². The van der Waals surface area contributed by atoms with E-state index < -0.39 is 5.82 Å². The Hall–Kier alpha value is -2.13. The number of anilines is 1. The molecule has 0 fully saturated rings. The van der Waals surface area contributed by atoms with Crippen LogP contribution in [0, 0.1) is 5.82 Å². The molecule has 1 aromatic carbocycles. The average Bonchev–Trinajstić information content (AvgIpc) is 3.22. The Bertz CT molecular complexity index is 912. The number of carbonyl (C=O) groups excluding carboxylic acids is 1. The molecular weight excluding hydrogens is 423 g/mol. The predicted octanol–water partition coefficient (Wildman–Crippen LogP) is 4.58. The van der Waals surface area contributed by atoms with Crippen molar-refractivity contribution in [2.75, 3.05) is 11.1 Å². The lowest BCUT2D eigenvalue weighted by molar-refractivity contribution is -0.113. The molecular formula is C17H16BrFN4O2S. The maximum atomic E-state index is 13.6. The Morgan fingerprint density at radius 3 is 2.81 bits per heavy atom. The monoisotopic (exact) mass is 438 g/mol. The topological polar surface area (TPSA) is 73.0 Å². The van der Waals surface area contributed by atoms with Gasteiger partial charge >= 0.3 is 0 Å². The fraction of sp³-hybridized carbons (Fsp3) is 0.235. The first kappa shape index (κ1) is 18.7. The molecule has 0 atom stereocenters. The first-order valence-electron chi connectivity index (χ1n) is 7.94. The summed E-state index contributed by atoms with van der Waals surface area (Å²) in [5.74, 6) is 0.520. The van der Waals surface area contributed by atoms with Gasteiger partial charge in [-0.3, -0.25) is 9.36 Å². The SMILES string of the molecule is CCCn1c(SCC(=O)Nc2ccccc2F)nnc1-c1ccc(Br)o1. The van der Waals surface area contributed by atoms with Crippen LogP contribution in [0.15, 0.2) is 50.6 Å². The van der Waals surface area contributed by atoms with Gasteiger partial charge in [-0.1, -0.05) is 30.8 Å². The number of benzene rings is 1. The van der Waals surface area contributed by atoms with E-state index in [1.807, 2.05) is 11.5 Å². The summed E-state index contributed by atoms with van der Waals surface area (Å²) in [5.41, 5.74) is 0.161. The first-order chi connectivity index (χ1) is 12.6. The molecule has 6 nitrogen and oxygen atoms in total. The zero-order chi connectivity index (χ0) is 18.5. The number of carbonyl (C=O) groups is 1. The Morgan fingerprint density at radius 2 is 2.12 bits per heavy atom. The normalized spacial score (nSPS) is 10.9. The zero-order valence-electron chi connectivity index (χ0n) is 13.9. The second-order valence-corrected chi connectivity index (χ2v) is 7.10. The van der Waals surface area contributed by atoms with E-state index >= 15 is 0 Å². The van der Waals surface area contributed by atoms with Gasteiger partial charge in [-0.05, 0) is 46.6 Å². The number of halogens is 2. The molecule has 0 saturated heterocycles. The summed E-state index contributed by atoms with van der Waals surface area (Å²) in [6, 6.07) is 9.65. The van der Waals surface area contributed by atoms with Crippen LogP contribution < -0.4 is 5.32 Å². The third-order valence-corrected chi connectivity index (χ3v) is 4.83. The summed E-state index contributed by atoms with van der Waals surface area (Å²) in [6.45, 7) is 2.74. The molecule has 1 N–H and O–H groups in total. The van der Waals surface area contributed by atoms with Crippen LogP contribution >= 0.6 is 27.7 Å². The van der Waals surface area contributed by atoms with Crippen LogP contribution in [0.4, 0.5) is 10.1 Å². The van der Waals surface area contributed by atoms with Crippen LogP contribution in [0.5, 0.6) is 0 Å². The summed E-state index contributed by atoms with van der Waals surface area (Å²) in [6.07, 6.45) is 0.877. The standard InChI is InChI=1S/C17H16BrFN4O2S/c1-2-9-23-16(13-7-8-14(18)25-13)21-22-17(23)26-10-15(24)20-12-6-4-3-5-11(12)19/h3-8H,2,9-10H2,1H3,(H,20,24). The van der Waals surface area contributed by atoms with Crippen LogP contribution in [0.1, 0.15) is 13.3 Å². The minimum atomic E-state index is -0.467. The van der Waals surface area contributed by atoms with Gasteiger partial charge in [-0.15, -0.1) is 10.2 Å². The number of hydrogen-bond acceptors (Lipinski definition) is 5. The maximum Gasteiger partial charge on any atom is 0.234 e. The number of para-hydroxylation sites is 1. The van der Waals surface area contributed by atoms with E-state index in [-0.39, 0.29) is 17.3 Å². The highest BCUT2D eigenvalue weighted by atomic mass is 79.9. The molecule has 0 aliphatic carbocycles. The molecule has 3 aromatic rings. The highest BCUT2D eigenvalue weighted by Gasteiger charge is 2.18. The van der Waals surface area contributed by atoms with E-state index in [9.17, 15) is 9.18 Å². The molecule has 26 heavy (non-hydrogen) atoms. The molecule has 0 unspecified atom stereocenters. The maximum absolute atomic E-state index is 13.6. The van der Waals surface area contributed by atoms with E-state index in [1.165, 1.54) is 23.9 Å². The van der Waals surface area contributed by atoms with Gasteiger partial charge in [0.1, 0.15) is 5.82 Å². The molecule has 1 amide bonds. The van der Waals surface area contributed by atoms with Crippen LogP contribution in [0.3, 0.4) is 0 Å². The number of nitrogens with zero attached hydrogens (tertiary/aromatic N) is 3. The third kappa shape index (κ3) is 4.34. The summed E-state index contributed by atoms with van der Waals surface area (Å²) in [4.78, 5) is 12.1. The highest BCUT2D eigenvalue weighted by Crippen LogP contribution is 2.27. The number of thioether (sulfide) groups is 1. The Morgan fingerprint density at radius 1 is 1.31 bits per heavy atom. The van der Waals surface area contributed by atoms with Crippen LogP contribution in [0.25, 0.3) is 11.6 Å². The average molecular weight is 439 g/mol. The van der Waals surface area contributed by atoms with Gasteiger partial charge in [0.05, 0.1) is 11.4 Å². The van der Waals surface area contributed by atoms with Crippen molar-refractivity contribution in [1.82, 2.24) is 14.8 Å². The van der Waals surface area contributed by atoms with E-state index in [4.69, 9.17) is 4.42 Å². The van der Waals surface area contributed by atoms with Crippen LogP contribution in [-0.2, 0) is 11.3 Å². The molecule has 0 saturated carbocycles. The van der Waals surface area contributed by atoms with Crippen molar-refractivity contribution < 1.29 is 13.6 Å². The van der Waals surface area contributed by atoms with E-state index in [2.05, 4.69) is 31.4 Å². The molecule has 2 heterocycles. The van der Waals surface area contributed by atoms with Gasteiger partial charge in [0, 0.05) is 6.54 Å². The number of furan rings is 1. The fourth-order valence-corrected chi connectivity index (χ4v) is 3.39. The Labute approximate surface area is 162 Å². The molecule has 0 aliphatic heterocycles. The van der Waals surface area contributed by atoms with Crippen molar-refractivity contribution in [2.45, 2.75) is 25.0 Å². The first-order valence-corrected chi connectivity index (χ1v) is 9.72. The number of rotatable bonds is 7. The van der Waals surface area contributed by atoms with Gasteiger partial charge in [-0.2, -0.15) is 0 Å². The van der Waals surface area contributed by atoms with E-state index in [1.54, 1.807) is 24.3 Å². The van der Waals surface area contributed by atoms with Crippen molar-refractivity contribution in [3.05, 3.63) is 46.9 Å². The van der Waals surface area contributed by atoms with Crippen molar-refractivity contribution in [3.63, 3.8) is 0 Å².